The molecule has 1 atom stereocenters. The van der Waals surface area contributed by atoms with Crippen LogP contribution in [0.4, 0.5) is 0 Å². The predicted molar refractivity (Wildman–Crippen MR) is 144 cm³/mol. The molecule has 1 aliphatic heterocycles. The first kappa shape index (κ1) is 26.5. The van der Waals surface area contributed by atoms with Gasteiger partial charge in [-0.1, -0.05) is 58.0 Å². The molecule has 1 saturated heterocycles. The van der Waals surface area contributed by atoms with Gasteiger partial charge >= 0.3 is 0 Å². The normalized spacial score (nSPS) is 16.0. The summed E-state index contributed by atoms with van der Waals surface area (Å²) in [7, 11) is 0. The van der Waals surface area contributed by atoms with Crippen molar-refractivity contribution in [3.05, 3.63) is 65.0 Å². The van der Waals surface area contributed by atoms with Crippen LogP contribution in [0.3, 0.4) is 0 Å². The summed E-state index contributed by atoms with van der Waals surface area (Å²) >= 11 is 0. The smallest absolute Gasteiger partial charge is 0.274 e. The molecule has 3 heterocycles. The Kier molecular flexibility index (Phi) is 8.36. The van der Waals surface area contributed by atoms with Crippen molar-refractivity contribution in [3.8, 4) is 11.4 Å². The van der Waals surface area contributed by atoms with Crippen LogP contribution < -0.4 is 0 Å². The van der Waals surface area contributed by atoms with Gasteiger partial charge in [-0.2, -0.15) is 5.10 Å². The third kappa shape index (κ3) is 6.61. The summed E-state index contributed by atoms with van der Waals surface area (Å²) in [5.74, 6) is 0.790. The first-order chi connectivity index (χ1) is 17.7. The van der Waals surface area contributed by atoms with E-state index in [1.165, 1.54) is 0 Å². The average Bonchev–Trinajstić information content (AvgIpc) is 3.31. The maximum atomic E-state index is 13.6. The summed E-state index contributed by atoms with van der Waals surface area (Å²) in [6, 6.07) is 13.9. The third-order valence-corrected chi connectivity index (χ3v) is 6.71. The minimum Gasteiger partial charge on any atom is -0.336 e. The van der Waals surface area contributed by atoms with Crippen molar-refractivity contribution in [2.45, 2.75) is 59.9 Å². The lowest BCUT2D eigenvalue weighted by Crippen LogP contribution is -2.57. The summed E-state index contributed by atoms with van der Waals surface area (Å²) in [4.78, 5) is 29.6. The fraction of sp³-hybridized carbons (Fsp3) is 0.483. The highest BCUT2D eigenvalue weighted by Crippen LogP contribution is 2.25. The van der Waals surface area contributed by atoms with Crippen LogP contribution in [0, 0.1) is 11.8 Å². The van der Waals surface area contributed by atoms with Crippen LogP contribution in [0.15, 0.2) is 42.5 Å². The lowest BCUT2D eigenvalue weighted by atomic mass is 9.99. The van der Waals surface area contributed by atoms with Crippen molar-refractivity contribution in [1.82, 2.24) is 30.2 Å². The van der Waals surface area contributed by atoms with Crippen LogP contribution in [0.1, 0.15) is 61.9 Å². The van der Waals surface area contributed by atoms with Gasteiger partial charge in [-0.3, -0.25) is 14.7 Å². The topological polar surface area (TPSA) is 95.1 Å². The molecule has 0 bridgehead atoms. The molecule has 196 valence electrons. The third-order valence-electron chi connectivity index (χ3n) is 6.71. The maximum Gasteiger partial charge on any atom is 0.274 e. The Morgan fingerprint density at radius 3 is 2.41 bits per heavy atom. The molecule has 1 fully saturated rings. The lowest BCUT2D eigenvalue weighted by molar-refractivity contribution is -0.133. The Morgan fingerprint density at radius 2 is 1.73 bits per heavy atom. The van der Waals surface area contributed by atoms with Gasteiger partial charge in [0, 0.05) is 32.3 Å². The summed E-state index contributed by atoms with van der Waals surface area (Å²) in [5.41, 5.74) is 5.00. The van der Waals surface area contributed by atoms with Gasteiger partial charge in [-0.15, -0.1) is 10.2 Å². The van der Waals surface area contributed by atoms with E-state index < -0.39 is 0 Å². The molecule has 0 aliphatic carbocycles. The van der Waals surface area contributed by atoms with Gasteiger partial charge < -0.3 is 9.80 Å². The second kappa shape index (κ2) is 11.7. The summed E-state index contributed by atoms with van der Waals surface area (Å²) in [5, 5.41) is 16.5. The monoisotopic (exact) mass is 502 g/mol. The Labute approximate surface area is 219 Å². The summed E-state index contributed by atoms with van der Waals surface area (Å²) in [6.45, 7) is 11.7. The quantitative estimate of drug-likeness (QED) is 0.499. The van der Waals surface area contributed by atoms with E-state index in [1.54, 1.807) is 6.92 Å². The van der Waals surface area contributed by atoms with Gasteiger partial charge in [0.05, 0.1) is 6.04 Å². The number of carbonyl (C=O) groups is 2. The number of hydrogen-bond donors (Lipinski definition) is 1. The number of H-pyrrole nitrogens is 1. The van der Waals surface area contributed by atoms with Crippen molar-refractivity contribution < 1.29 is 9.59 Å². The van der Waals surface area contributed by atoms with E-state index in [-0.39, 0.29) is 17.9 Å². The van der Waals surface area contributed by atoms with E-state index in [1.807, 2.05) is 40.1 Å². The lowest BCUT2D eigenvalue weighted by Gasteiger charge is -2.41. The first-order valence-electron chi connectivity index (χ1n) is 13.2. The molecule has 8 nitrogen and oxygen atoms in total. The Morgan fingerprint density at radius 1 is 1.00 bits per heavy atom. The number of aromatic nitrogens is 4. The molecule has 0 unspecified atom stereocenters. The van der Waals surface area contributed by atoms with Crippen molar-refractivity contribution in [2.75, 3.05) is 19.6 Å². The van der Waals surface area contributed by atoms with Crippen molar-refractivity contribution >= 4 is 11.8 Å². The number of benzene rings is 1. The molecule has 4 rings (SSSR count). The molecule has 1 N–H and O–H groups in total. The van der Waals surface area contributed by atoms with Gasteiger partial charge in [0.25, 0.3) is 5.91 Å². The fourth-order valence-electron chi connectivity index (χ4n) is 5.05. The van der Waals surface area contributed by atoms with Crippen LogP contribution in [0.5, 0.6) is 0 Å². The van der Waals surface area contributed by atoms with E-state index >= 15 is 0 Å². The molecule has 1 aliphatic rings. The highest BCUT2D eigenvalue weighted by molar-refractivity contribution is 5.93. The number of nitrogens with one attached hydrogen (secondary N) is 1. The summed E-state index contributed by atoms with van der Waals surface area (Å²) in [6.07, 6.45) is 2.38. The molecule has 0 spiro atoms. The zero-order valence-electron chi connectivity index (χ0n) is 22.6. The minimum atomic E-state index is -0.146. The maximum absolute atomic E-state index is 13.6. The SMILES string of the molecule is CC(=O)N1CCN(C(=O)c2cc(CC(C)C)c(-c3cc(CC(C)C)[nH]n3)nn2)C[C@@H]1Cc1ccccc1. The van der Waals surface area contributed by atoms with Crippen LogP contribution in [0.25, 0.3) is 11.4 Å². The van der Waals surface area contributed by atoms with E-state index in [0.29, 0.717) is 43.6 Å². The number of aromatic amines is 1. The number of carbonyl (C=O) groups excluding carboxylic acids is 2. The van der Waals surface area contributed by atoms with Crippen LogP contribution >= 0.6 is 0 Å². The molecule has 0 saturated carbocycles. The fourth-order valence-corrected chi connectivity index (χ4v) is 5.05. The standard InChI is InChI=1S/C29H38N6O2/c1-19(2)13-23-16-27(32-33-28(23)26-17-24(30-31-26)14-20(3)4)29(37)34-11-12-35(21(5)36)25(18-34)15-22-9-7-6-8-10-22/h6-10,16-17,19-20,25H,11-15,18H2,1-5H3,(H,30,31)/t25-/m0/s1. The van der Waals surface area contributed by atoms with Crippen molar-refractivity contribution in [3.63, 3.8) is 0 Å². The number of nitrogens with zero attached hydrogens (tertiary/aromatic N) is 5. The summed E-state index contributed by atoms with van der Waals surface area (Å²) < 4.78 is 0. The molecule has 8 heteroatoms. The van der Waals surface area contributed by atoms with Gasteiger partial charge in [0.15, 0.2) is 5.69 Å². The Balaban J connectivity index is 1.57. The number of piperazine rings is 1. The van der Waals surface area contributed by atoms with Gasteiger partial charge in [-0.05, 0) is 54.4 Å². The van der Waals surface area contributed by atoms with E-state index in [2.05, 4.69) is 60.2 Å². The molecule has 1 aromatic carbocycles. The van der Waals surface area contributed by atoms with Crippen LogP contribution in [-0.4, -0.2) is 67.7 Å². The molecule has 3 aromatic rings. The predicted octanol–water partition coefficient (Wildman–Crippen LogP) is 4.18. The number of amides is 2. The van der Waals surface area contributed by atoms with E-state index in [0.717, 1.165) is 41.1 Å². The Hall–Kier alpha value is -3.55. The Bertz CT molecular complexity index is 1220. The highest BCUT2D eigenvalue weighted by atomic mass is 16.2. The van der Waals surface area contributed by atoms with Crippen molar-refractivity contribution in [2.24, 2.45) is 11.8 Å². The molecule has 2 aromatic heterocycles. The molecular formula is C29H38N6O2. The van der Waals surface area contributed by atoms with Crippen LogP contribution in [0.2, 0.25) is 0 Å². The number of hydrogen-bond acceptors (Lipinski definition) is 5. The van der Waals surface area contributed by atoms with Gasteiger partial charge in [-0.25, -0.2) is 0 Å². The van der Waals surface area contributed by atoms with Gasteiger partial charge in [0.2, 0.25) is 5.91 Å². The van der Waals surface area contributed by atoms with E-state index in [9.17, 15) is 9.59 Å². The van der Waals surface area contributed by atoms with Crippen LogP contribution in [-0.2, 0) is 24.1 Å². The van der Waals surface area contributed by atoms with E-state index in [4.69, 9.17) is 0 Å². The first-order valence-corrected chi connectivity index (χ1v) is 13.2. The second-order valence-electron chi connectivity index (χ2n) is 10.9. The highest BCUT2D eigenvalue weighted by Gasteiger charge is 2.32. The van der Waals surface area contributed by atoms with Gasteiger partial charge in [0.1, 0.15) is 11.4 Å². The second-order valence-corrected chi connectivity index (χ2v) is 10.9. The average molecular weight is 503 g/mol. The molecule has 37 heavy (non-hydrogen) atoms. The largest absolute Gasteiger partial charge is 0.336 e. The zero-order valence-corrected chi connectivity index (χ0v) is 22.6. The zero-order chi connectivity index (χ0) is 26.5. The number of rotatable bonds is 8. The van der Waals surface area contributed by atoms with Crippen molar-refractivity contribution in [1.29, 1.82) is 0 Å². The minimum absolute atomic E-state index is 0.0345. The molecule has 2 amide bonds. The molecular weight excluding hydrogens is 464 g/mol. The molecule has 0 radical (unpaired) electrons.